The number of benzene rings is 1. The Morgan fingerprint density at radius 1 is 1.04 bits per heavy atom. The summed E-state index contributed by atoms with van der Waals surface area (Å²) < 4.78 is 5.50. The van der Waals surface area contributed by atoms with E-state index >= 15 is 0 Å². The van der Waals surface area contributed by atoms with Crippen LogP contribution in [0.1, 0.15) is 46.1 Å². The minimum atomic E-state index is -0.465. The largest absolute Gasteiger partial charge is 0.444 e. The number of piperazine rings is 1. The molecule has 150 valence electrons. The first-order chi connectivity index (χ1) is 13.2. The van der Waals surface area contributed by atoms with Crippen molar-refractivity contribution in [3.8, 4) is 11.3 Å². The number of nitrogens with zero attached hydrogens (tertiary/aromatic N) is 3. The molecular weight excluding hydrogens is 350 g/mol. The molecule has 5 heteroatoms. The zero-order valence-electron chi connectivity index (χ0n) is 17.6. The number of carbonyl (C=O) groups excluding carboxylic acids is 1. The molecule has 1 fully saturated rings. The van der Waals surface area contributed by atoms with E-state index in [-0.39, 0.29) is 6.09 Å². The Kier molecular flexibility index (Phi) is 5.92. The fourth-order valence-corrected chi connectivity index (χ4v) is 3.36. The molecule has 0 atom stereocenters. The maximum absolute atomic E-state index is 12.3. The number of amides is 1. The van der Waals surface area contributed by atoms with Crippen LogP contribution in [0.25, 0.3) is 11.3 Å². The van der Waals surface area contributed by atoms with Crippen molar-refractivity contribution in [2.24, 2.45) is 0 Å². The van der Waals surface area contributed by atoms with Crippen molar-refractivity contribution in [1.29, 1.82) is 0 Å². The number of anilines is 1. The predicted octanol–water partition coefficient (Wildman–Crippen LogP) is 4.93. The van der Waals surface area contributed by atoms with Gasteiger partial charge in [0.1, 0.15) is 5.60 Å². The van der Waals surface area contributed by atoms with Crippen LogP contribution in [0.5, 0.6) is 0 Å². The highest BCUT2D eigenvalue weighted by molar-refractivity contribution is 5.75. The third-order valence-corrected chi connectivity index (χ3v) is 4.91. The van der Waals surface area contributed by atoms with E-state index < -0.39 is 5.60 Å². The summed E-state index contributed by atoms with van der Waals surface area (Å²) in [5.74, 6) is 0.512. The minimum absolute atomic E-state index is 0.233. The summed E-state index contributed by atoms with van der Waals surface area (Å²) in [4.78, 5) is 21.1. The highest BCUT2D eigenvalue weighted by Gasteiger charge is 2.27. The number of pyridine rings is 1. The molecule has 28 heavy (non-hydrogen) atoms. The standard InChI is InChI=1S/C23H31N3O2/c1-17(2)18-8-10-19(11-9-18)21-20(7-6-12-24-21)25-13-15-26(16-14-25)22(27)28-23(3,4)5/h6-12,17H,13-16H2,1-5H3. The van der Waals surface area contributed by atoms with Crippen molar-refractivity contribution >= 4 is 11.8 Å². The van der Waals surface area contributed by atoms with Crippen molar-refractivity contribution in [2.45, 2.75) is 46.1 Å². The van der Waals surface area contributed by atoms with Gasteiger partial charge in [0.15, 0.2) is 0 Å². The van der Waals surface area contributed by atoms with Crippen LogP contribution in [-0.4, -0.2) is 47.8 Å². The van der Waals surface area contributed by atoms with Crippen LogP contribution in [-0.2, 0) is 4.74 Å². The number of ether oxygens (including phenoxy) is 1. The average Bonchev–Trinajstić information content (AvgIpc) is 2.67. The van der Waals surface area contributed by atoms with Gasteiger partial charge in [-0.05, 0) is 44.4 Å². The van der Waals surface area contributed by atoms with Crippen LogP contribution in [0.2, 0.25) is 0 Å². The van der Waals surface area contributed by atoms with Gasteiger partial charge in [-0.3, -0.25) is 4.98 Å². The van der Waals surface area contributed by atoms with E-state index in [1.165, 1.54) is 5.56 Å². The smallest absolute Gasteiger partial charge is 0.410 e. The van der Waals surface area contributed by atoms with Crippen LogP contribution in [0, 0.1) is 0 Å². The summed E-state index contributed by atoms with van der Waals surface area (Å²) in [5, 5.41) is 0. The highest BCUT2D eigenvalue weighted by Crippen LogP contribution is 2.30. The van der Waals surface area contributed by atoms with E-state index in [1.807, 2.05) is 33.0 Å². The molecule has 3 rings (SSSR count). The van der Waals surface area contributed by atoms with Crippen LogP contribution in [0.3, 0.4) is 0 Å². The van der Waals surface area contributed by atoms with Crippen molar-refractivity contribution in [1.82, 2.24) is 9.88 Å². The van der Waals surface area contributed by atoms with Gasteiger partial charge in [0, 0.05) is 37.9 Å². The Labute approximate surface area is 168 Å². The first kappa shape index (κ1) is 20.2. The zero-order valence-corrected chi connectivity index (χ0v) is 17.6. The molecule has 2 aromatic rings. The third kappa shape index (κ3) is 4.83. The monoisotopic (exact) mass is 381 g/mol. The first-order valence-corrected chi connectivity index (χ1v) is 10.0. The predicted molar refractivity (Wildman–Crippen MR) is 114 cm³/mol. The number of aromatic nitrogens is 1. The second-order valence-corrected chi connectivity index (χ2v) is 8.60. The molecule has 0 radical (unpaired) electrons. The first-order valence-electron chi connectivity index (χ1n) is 10.0. The van der Waals surface area contributed by atoms with Gasteiger partial charge in [0.2, 0.25) is 0 Å². The van der Waals surface area contributed by atoms with Gasteiger partial charge in [-0.2, -0.15) is 0 Å². The molecule has 0 unspecified atom stereocenters. The lowest BCUT2D eigenvalue weighted by Gasteiger charge is -2.37. The number of carbonyl (C=O) groups is 1. The third-order valence-electron chi connectivity index (χ3n) is 4.91. The SMILES string of the molecule is CC(C)c1ccc(-c2ncccc2N2CCN(C(=O)OC(C)(C)C)CC2)cc1. The molecule has 0 N–H and O–H groups in total. The van der Waals surface area contributed by atoms with Crippen LogP contribution in [0.15, 0.2) is 42.6 Å². The zero-order chi connectivity index (χ0) is 20.3. The van der Waals surface area contributed by atoms with Gasteiger partial charge in [0.05, 0.1) is 11.4 Å². The van der Waals surface area contributed by atoms with Gasteiger partial charge < -0.3 is 14.5 Å². The molecular formula is C23H31N3O2. The summed E-state index contributed by atoms with van der Waals surface area (Å²) in [7, 11) is 0. The van der Waals surface area contributed by atoms with Crippen molar-refractivity contribution in [3.63, 3.8) is 0 Å². The Bertz CT molecular complexity index is 801. The normalized spacial score (nSPS) is 15.1. The molecule has 1 aromatic carbocycles. The van der Waals surface area contributed by atoms with Crippen LogP contribution >= 0.6 is 0 Å². The lowest BCUT2D eigenvalue weighted by molar-refractivity contribution is 0.0240. The van der Waals surface area contributed by atoms with E-state index in [9.17, 15) is 4.79 Å². The number of hydrogen-bond acceptors (Lipinski definition) is 4. The molecule has 1 amide bonds. The Morgan fingerprint density at radius 2 is 1.68 bits per heavy atom. The Hall–Kier alpha value is -2.56. The van der Waals surface area contributed by atoms with E-state index in [1.54, 1.807) is 4.90 Å². The Balaban J connectivity index is 1.73. The van der Waals surface area contributed by atoms with Crippen LogP contribution in [0.4, 0.5) is 10.5 Å². The van der Waals surface area contributed by atoms with Crippen LogP contribution < -0.4 is 4.90 Å². The summed E-state index contributed by atoms with van der Waals surface area (Å²) in [6, 6.07) is 12.7. The van der Waals surface area contributed by atoms with Gasteiger partial charge in [-0.1, -0.05) is 38.1 Å². The molecule has 0 spiro atoms. The van der Waals surface area contributed by atoms with E-state index in [2.05, 4.69) is 54.1 Å². The molecule has 0 saturated carbocycles. The second-order valence-electron chi connectivity index (χ2n) is 8.60. The molecule has 2 heterocycles. The molecule has 5 nitrogen and oxygen atoms in total. The van der Waals surface area contributed by atoms with Crippen molar-refractivity contribution < 1.29 is 9.53 Å². The second kappa shape index (κ2) is 8.21. The summed E-state index contributed by atoms with van der Waals surface area (Å²) in [6.45, 7) is 12.9. The molecule has 1 saturated heterocycles. The summed E-state index contributed by atoms with van der Waals surface area (Å²) >= 11 is 0. The van der Waals surface area contributed by atoms with Gasteiger partial charge >= 0.3 is 6.09 Å². The molecule has 1 aliphatic rings. The lowest BCUT2D eigenvalue weighted by Crippen LogP contribution is -2.50. The average molecular weight is 382 g/mol. The summed E-state index contributed by atoms with van der Waals surface area (Å²) in [6.07, 6.45) is 1.61. The van der Waals surface area contributed by atoms with E-state index in [0.29, 0.717) is 19.0 Å². The van der Waals surface area contributed by atoms with Gasteiger partial charge in [-0.25, -0.2) is 4.79 Å². The van der Waals surface area contributed by atoms with Crippen molar-refractivity contribution in [2.75, 3.05) is 31.1 Å². The fraction of sp³-hybridized carbons (Fsp3) is 0.478. The maximum Gasteiger partial charge on any atom is 0.410 e. The maximum atomic E-state index is 12.3. The topological polar surface area (TPSA) is 45.7 Å². The number of hydrogen-bond donors (Lipinski definition) is 0. The fourth-order valence-electron chi connectivity index (χ4n) is 3.36. The van der Waals surface area contributed by atoms with E-state index in [0.717, 1.165) is 30.0 Å². The lowest BCUT2D eigenvalue weighted by atomic mass is 10.00. The van der Waals surface area contributed by atoms with E-state index in [4.69, 9.17) is 4.74 Å². The van der Waals surface area contributed by atoms with Crippen molar-refractivity contribution in [3.05, 3.63) is 48.2 Å². The van der Waals surface area contributed by atoms with Gasteiger partial charge in [-0.15, -0.1) is 0 Å². The molecule has 0 bridgehead atoms. The number of rotatable bonds is 3. The van der Waals surface area contributed by atoms with Gasteiger partial charge in [0.25, 0.3) is 0 Å². The molecule has 0 aliphatic carbocycles. The molecule has 1 aromatic heterocycles. The minimum Gasteiger partial charge on any atom is -0.444 e. The Morgan fingerprint density at radius 3 is 2.25 bits per heavy atom. The quantitative estimate of drug-likeness (QED) is 0.756. The molecule has 1 aliphatic heterocycles. The summed E-state index contributed by atoms with van der Waals surface area (Å²) in [5.41, 5.74) is 4.08. The highest BCUT2D eigenvalue weighted by atomic mass is 16.6.